The maximum atomic E-state index is 5.92. The van der Waals surface area contributed by atoms with Gasteiger partial charge in [-0.15, -0.1) is 11.3 Å². The molecular formula is C14H19N3S. The molecule has 0 saturated heterocycles. The van der Waals surface area contributed by atoms with Gasteiger partial charge in [0.25, 0.3) is 0 Å². The van der Waals surface area contributed by atoms with Gasteiger partial charge >= 0.3 is 0 Å². The first-order chi connectivity index (χ1) is 8.70. The highest BCUT2D eigenvalue weighted by Gasteiger charge is 2.10. The maximum absolute atomic E-state index is 5.92. The van der Waals surface area contributed by atoms with E-state index in [0.29, 0.717) is 6.04 Å². The quantitative estimate of drug-likeness (QED) is 0.812. The molecule has 18 heavy (non-hydrogen) atoms. The van der Waals surface area contributed by atoms with Crippen molar-refractivity contribution < 1.29 is 0 Å². The predicted molar refractivity (Wildman–Crippen MR) is 77.6 cm³/mol. The number of rotatable bonds is 5. The molecule has 3 nitrogen and oxygen atoms in total. The highest BCUT2D eigenvalue weighted by atomic mass is 32.1. The number of nitrogens with one attached hydrogen (secondary N) is 1. The first kappa shape index (κ1) is 13.1. The minimum Gasteiger partial charge on any atom is -0.399 e. The Morgan fingerprint density at radius 3 is 2.89 bits per heavy atom. The van der Waals surface area contributed by atoms with Gasteiger partial charge in [0.2, 0.25) is 0 Å². The van der Waals surface area contributed by atoms with E-state index in [2.05, 4.69) is 29.4 Å². The number of benzene rings is 1. The lowest BCUT2D eigenvalue weighted by atomic mass is 10.1. The monoisotopic (exact) mass is 261 g/mol. The van der Waals surface area contributed by atoms with Crippen LogP contribution in [0.1, 0.15) is 35.5 Å². The number of anilines is 1. The summed E-state index contributed by atoms with van der Waals surface area (Å²) in [7, 11) is 0. The lowest BCUT2D eigenvalue weighted by molar-refractivity contribution is 0.517. The molecule has 2 rings (SSSR count). The van der Waals surface area contributed by atoms with Crippen molar-refractivity contribution in [2.45, 2.75) is 32.9 Å². The van der Waals surface area contributed by atoms with Gasteiger partial charge in [-0.05, 0) is 30.5 Å². The van der Waals surface area contributed by atoms with E-state index in [9.17, 15) is 0 Å². The van der Waals surface area contributed by atoms with Gasteiger partial charge in [0.1, 0.15) is 5.01 Å². The van der Waals surface area contributed by atoms with Crippen LogP contribution in [0.2, 0.25) is 0 Å². The lowest BCUT2D eigenvalue weighted by Gasteiger charge is -2.15. The first-order valence-electron chi connectivity index (χ1n) is 6.18. The molecule has 4 heteroatoms. The smallest absolute Gasteiger partial charge is 0.109 e. The Labute approximate surface area is 112 Å². The molecule has 0 fully saturated rings. The average molecular weight is 261 g/mol. The summed E-state index contributed by atoms with van der Waals surface area (Å²) in [6.45, 7) is 5.02. The molecule has 0 aliphatic carbocycles. The van der Waals surface area contributed by atoms with Gasteiger partial charge in [-0.2, -0.15) is 0 Å². The Morgan fingerprint density at radius 1 is 1.44 bits per heavy atom. The van der Waals surface area contributed by atoms with Crippen molar-refractivity contribution in [3.63, 3.8) is 0 Å². The third-order valence-corrected chi connectivity index (χ3v) is 3.94. The van der Waals surface area contributed by atoms with E-state index in [0.717, 1.165) is 29.2 Å². The van der Waals surface area contributed by atoms with Crippen LogP contribution in [0.25, 0.3) is 0 Å². The summed E-state index contributed by atoms with van der Waals surface area (Å²) in [6, 6.07) is 6.55. The summed E-state index contributed by atoms with van der Waals surface area (Å²) in [4.78, 5) is 4.36. The zero-order valence-corrected chi connectivity index (χ0v) is 11.6. The van der Waals surface area contributed by atoms with Crippen molar-refractivity contribution in [1.82, 2.24) is 10.3 Å². The fourth-order valence-corrected chi connectivity index (χ4v) is 2.65. The number of hydrogen-bond acceptors (Lipinski definition) is 4. The summed E-state index contributed by atoms with van der Waals surface area (Å²) < 4.78 is 0. The van der Waals surface area contributed by atoms with Crippen molar-refractivity contribution in [2.75, 3.05) is 5.73 Å². The summed E-state index contributed by atoms with van der Waals surface area (Å²) in [5, 5.41) is 6.70. The highest BCUT2D eigenvalue weighted by molar-refractivity contribution is 7.09. The van der Waals surface area contributed by atoms with E-state index >= 15 is 0 Å². The molecule has 0 saturated carbocycles. The molecule has 1 unspecified atom stereocenters. The molecule has 1 aromatic heterocycles. The topological polar surface area (TPSA) is 50.9 Å². The number of nitrogen functional groups attached to an aromatic ring is 1. The summed E-state index contributed by atoms with van der Waals surface area (Å²) in [5.41, 5.74) is 9.12. The van der Waals surface area contributed by atoms with Crippen molar-refractivity contribution in [3.05, 3.63) is 45.9 Å². The predicted octanol–water partition coefficient (Wildman–Crippen LogP) is 3.27. The van der Waals surface area contributed by atoms with E-state index in [1.807, 2.05) is 24.6 Å². The molecule has 0 amide bonds. The molecular weight excluding hydrogens is 242 g/mol. The van der Waals surface area contributed by atoms with Crippen LogP contribution in [0.4, 0.5) is 5.69 Å². The maximum Gasteiger partial charge on any atom is 0.109 e. The standard InChI is InChI=1S/C14H19N3S/c1-3-13(14-16-6-7-18-14)17-9-11-5-4-10(2)12(15)8-11/h4-8,13,17H,3,9,15H2,1-2H3. The van der Waals surface area contributed by atoms with Crippen LogP contribution in [-0.2, 0) is 6.54 Å². The van der Waals surface area contributed by atoms with E-state index in [1.165, 1.54) is 5.56 Å². The fourth-order valence-electron chi connectivity index (χ4n) is 1.85. The highest BCUT2D eigenvalue weighted by Crippen LogP contribution is 2.20. The van der Waals surface area contributed by atoms with Gasteiger partial charge in [0.15, 0.2) is 0 Å². The normalized spacial score (nSPS) is 12.6. The number of nitrogens with two attached hydrogens (primary N) is 1. The summed E-state index contributed by atoms with van der Waals surface area (Å²) in [6.07, 6.45) is 2.89. The van der Waals surface area contributed by atoms with Gasteiger partial charge in [-0.3, -0.25) is 0 Å². The second-order valence-corrected chi connectivity index (χ2v) is 5.33. The van der Waals surface area contributed by atoms with Gasteiger partial charge < -0.3 is 11.1 Å². The molecule has 1 aromatic carbocycles. The van der Waals surface area contributed by atoms with Crippen LogP contribution in [-0.4, -0.2) is 4.98 Å². The number of thiazole rings is 1. The minimum atomic E-state index is 0.326. The van der Waals surface area contributed by atoms with Gasteiger partial charge in [-0.1, -0.05) is 19.1 Å². The molecule has 1 heterocycles. The van der Waals surface area contributed by atoms with Gasteiger partial charge in [0.05, 0.1) is 6.04 Å². The molecule has 0 bridgehead atoms. The van der Waals surface area contributed by atoms with Crippen LogP contribution < -0.4 is 11.1 Å². The molecule has 0 aliphatic rings. The molecule has 2 aromatic rings. The van der Waals surface area contributed by atoms with E-state index in [4.69, 9.17) is 5.73 Å². The Balaban J connectivity index is 1.99. The number of aromatic nitrogens is 1. The Morgan fingerprint density at radius 2 is 2.28 bits per heavy atom. The van der Waals surface area contributed by atoms with E-state index in [-0.39, 0.29) is 0 Å². The SMILES string of the molecule is CCC(NCc1ccc(C)c(N)c1)c1nccs1. The van der Waals surface area contributed by atoms with Crippen LogP contribution >= 0.6 is 11.3 Å². The number of nitrogens with zero attached hydrogens (tertiary/aromatic N) is 1. The van der Waals surface area contributed by atoms with Crippen molar-refractivity contribution >= 4 is 17.0 Å². The Kier molecular flexibility index (Phi) is 4.33. The first-order valence-corrected chi connectivity index (χ1v) is 7.06. The van der Waals surface area contributed by atoms with Crippen molar-refractivity contribution in [2.24, 2.45) is 0 Å². The van der Waals surface area contributed by atoms with E-state index in [1.54, 1.807) is 11.3 Å². The third-order valence-electron chi connectivity index (χ3n) is 3.05. The lowest BCUT2D eigenvalue weighted by Crippen LogP contribution is -2.20. The number of hydrogen-bond donors (Lipinski definition) is 2. The molecule has 96 valence electrons. The van der Waals surface area contributed by atoms with Crippen molar-refractivity contribution in [3.8, 4) is 0 Å². The summed E-state index contributed by atoms with van der Waals surface area (Å²) >= 11 is 1.70. The summed E-state index contributed by atoms with van der Waals surface area (Å²) in [5.74, 6) is 0. The van der Waals surface area contributed by atoms with Crippen LogP contribution in [0.5, 0.6) is 0 Å². The second-order valence-electron chi connectivity index (χ2n) is 4.40. The van der Waals surface area contributed by atoms with Gasteiger partial charge in [0, 0.05) is 23.8 Å². The minimum absolute atomic E-state index is 0.326. The van der Waals surface area contributed by atoms with Crippen molar-refractivity contribution in [1.29, 1.82) is 0 Å². The average Bonchev–Trinajstić information content (AvgIpc) is 2.88. The zero-order chi connectivity index (χ0) is 13.0. The van der Waals surface area contributed by atoms with Gasteiger partial charge in [-0.25, -0.2) is 4.98 Å². The fraction of sp³-hybridized carbons (Fsp3) is 0.357. The Hall–Kier alpha value is -1.39. The molecule has 0 spiro atoms. The van der Waals surface area contributed by atoms with Crippen LogP contribution in [0.3, 0.4) is 0 Å². The number of aryl methyl sites for hydroxylation is 1. The molecule has 1 atom stereocenters. The Bertz CT molecular complexity index is 494. The third kappa shape index (κ3) is 3.09. The zero-order valence-electron chi connectivity index (χ0n) is 10.8. The molecule has 3 N–H and O–H groups in total. The molecule has 0 radical (unpaired) electrons. The van der Waals surface area contributed by atoms with Crippen LogP contribution in [0, 0.1) is 6.92 Å². The molecule has 0 aliphatic heterocycles. The van der Waals surface area contributed by atoms with Crippen LogP contribution in [0.15, 0.2) is 29.8 Å². The van der Waals surface area contributed by atoms with E-state index < -0.39 is 0 Å². The largest absolute Gasteiger partial charge is 0.399 e. The second kappa shape index (κ2) is 5.98.